The number of hydrogen-bond donors (Lipinski definition) is 1. The van der Waals surface area contributed by atoms with Gasteiger partial charge in [-0.3, -0.25) is 0 Å². The molecule has 19 heavy (non-hydrogen) atoms. The fraction of sp³-hybridized carbons (Fsp3) is 0. The van der Waals surface area contributed by atoms with Gasteiger partial charge in [0.05, 0.1) is 15.1 Å². The second-order valence-electron chi connectivity index (χ2n) is 3.49. The molecule has 0 spiro atoms. The third-order valence-corrected chi connectivity index (χ3v) is 4.29. The van der Waals surface area contributed by atoms with Crippen molar-refractivity contribution in [1.29, 1.82) is 0 Å². The molecule has 0 aliphatic carbocycles. The molecule has 7 heteroatoms. The molecule has 0 bridgehead atoms. The smallest absolute Gasteiger partial charge is 0.179 e. The molecular weight excluding hydrogens is 353 g/mol. The first kappa shape index (κ1) is 14.9. The molecule has 2 aromatic rings. The van der Waals surface area contributed by atoms with Gasteiger partial charge in [-0.15, -0.1) is 0 Å². The zero-order valence-corrected chi connectivity index (χ0v) is 12.8. The first-order valence-corrected chi connectivity index (χ1v) is 6.79. The van der Waals surface area contributed by atoms with Gasteiger partial charge in [-0.25, -0.2) is 0 Å². The monoisotopic (exact) mass is 356 g/mol. The Morgan fingerprint density at radius 2 is 1.47 bits per heavy atom. The molecule has 0 amide bonds. The molecule has 1 N–H and O–H groups in total. The average Bonchev–Trinajstić information content (AvgIpc) is 2.38. The second-order valence-corrected chi connectivity index (χ2v) is 5.44. The maximum absolute atomic E-state index is 9.85. The summed E-state index contributed by atoms with van der Waals surface area (Å²) in [6.07, 6.45) is 0. The summed E-state index contributed by atoms with van der Waals surface area (Å²) in [6.45, 7) is 0. The maximum Gasteiger partial charge on any atom is 0.179 e. The molecule has 2 rings (SSSR count). The molecule has 0 fully saturated rings. The summed E-state index contributed by atoms with van der Waals surface area (Å²) < 4.78 is 5.44. The first-order valence-electron chi connectivity index (χ1n) is 4.90. The van der Waals surface area contributed by atoms with Crippen LogP contribution < -0.4 is 4.74 Å². The lowest BCUT2D eigenvalue weighted by atomic mass is 10.3. The van der Waals surface area contributed by atoms with Crippen molar-refractivity contribution < 1.29 is 9.84 Å². The Kier molecular flexibility index (Phi) is 4.59. The molecule has 0 aromatic heterocycles. The van der Waals surface area contributed by atoms with Gasteiger partial charge in [0.15, 0.2) is 11.5 Å². The molecule has 100 valence electrons. The molecule has 0 aliphatic heterocycles. The number of hydrogen-bond acceptors (Lipinski definition) is 2. The Morgan fingerprint density at radius 1 is 0.789 bits per heavy atom. The van der Waals surface area contributed by atoms with Crippen LogP contribution in [0.3, 0.4) is 0 Å². The molecule has 2 nitrogen and oxygen atoms in total. The summed E-state index contributed by atoms with van der Waals surface area (Å²) in [7, 11) is 0. The lowest BCUT2D eigenvalue weighted by molar-refractivity contribution is 0.412. The van der Waals surface area contributed by atoms with E-state index in [0.29, 0.717) is 5.02 Å². The second kappa shape index (κ2) is 5.86. The highest BCUT2D eigenvalue weighted by Crippen LogP contribution is 2.46. The summed E-state index contributed by atoms with van der Waals surface area (Å²) >= 11 is 29.3. The predicted molar refractivity (Wildman–Crippen MR) is 79.7 cm³/mol. The Morgan fingerprint density at radius 3 is 2.16 bits per heavy atom. The highest BCUT2D eigenvalue weighted by molar-refractivity contribution is 6.48. The van der Waals surface area contributed by atoms with Crippen LogP contribution in [0.25, 0.3) is 0 Å². The van der Waals surface area contributed by atoms with Gasteiger partial charge in [0, 0.05) is 6.07 Å². The van der Waals surface area contributed by atoms with Crippen molar-refractivity contribution in [2.45, 2.75) is 0 Å². The number of rotatable bonds is 2. The maximum atomic E-state index is 9.85. The van der Waals surface area contributed by atoms with Crippen LogP contribution >= 0.6 is 58.0 Å². The third-order valence-electron chi connectivity index (χ3n) is 2.24. The zero-order valence-electron chi connectivity index (χ0n) is 9.05. The minimum absolute atomic E-state index is 0.0311. The van der Waals surface area contributed by atoms with Crippen molar-refractivity contribution in [2.75, 3.05) is 0 Å². The quantitative estimate of drug-likeness (QED) is 0.625. The van der Waals surface area contributed by atoms with E-state index in [-0.39, 0.29) is 37.3 Å². The predicted octanol–water partition coefficient (Wildman–Crippen LogP) is 6.45. The van der Waals surface area contributed by atoms with Gasteiger partial charge in [-0.2, -0.15) is 0 Å². The fourth-order valence-electron chi connectivity index (χ4n) is 1.32. The summed E-state index contributed by atoms with van der Waals surface area (Å²) in [4.78, 5) is 0. The van der Waals surface area contributed by atoms with E-state index in [2.05, 4.69) is 0 Å². The van der Waals surface area contributed by atoms with E-state index in [0.717, 1.165) is 0 Å². The van der Waals surface area contributed by atoms with E-state index in [4.69, 9.17) is 62.7 Å². The van der Waals surface area contributed by atoms with E-state index >= 15 is 0 Å². The van der Waals surface area contributed by atoms with Crippen LogP contribution in [0.2, 0.25) is 25.1 Å². The number of halogens is 5. The van der Waals surface area contributed by atoms with Crippen LogP contribution in [-0.2, 0) is 0 Å². The summed E-state index contributed by atoms with van der Waals surface area (Å²) in [5.41, 5.74) is 0. The van der Waals surface area contributed by atoms with Crippen LogP contribution in [-0.4, -0.2) is 5.11 Å². The van der Waals surface area contributed by atoms with E-state index in [1.54, 1.807) is 18.2 Å². The van der Waals surface area contributed by atoms with E-state index in [9.17, 15) is 5.11 Å². The first-order chi connectivity index (χ1) is 8.91. The number of benzene rings is 2. The molecule has 0 heterocycles. The largest absolute Gasteiger partial charge is 0.503 e. The van der Waals surface area contributed by atoms with Gasteiger partial charge in [0.25, 0.3) is 0 Å². The molecule has 0 unspecified atom stereocenters. The van der Waals surface area contributed by atoms with Crippen molar-refractivity contribution in [3.63, 3.8) is 0 Å². The van der Waals surface area contributed by atoms with Crippen molar-refractivity contribution in [1.82, 2.24) is 0 Å². The highest BCUT2D eigenvalue weighted by Gasteiger charge is 2.17. The van der Waals surface area contributed by atoms with Crippen LogP contribution in [0.5, 0.6) is 17.2 Å². The van der Waals surface area contributed by atoms with Gasteiger partial charge < -0.3 is 9.84 Å². The van der Waals surface area contributed by atoms with Gasteiger partial charge >= 0.3 is 0 Å². The van der Waals surface area contributed by atoms with Gasteiger partial charge in [0.2, 0.25) is 0 Å². The highest BCUT2D eigenvalue weighted by atomic mass is 35.5. The lowest BCUT2D eigenvalue weighted by Gasteiger charge is -2.12. The molecule has 0 radical (unpaired) electrons. The molecule has 2 aromatic carbocycles. The van der Waals surface area contributed by atoms with Crippen molar-refractivity contribution in [2.24, 2.45) is 0 Å². The summed E-state index contributed by atoms with van der Waals surface area (Å²) in [5, 5.41) is 10.5. The number of ether oxygens (including phenoxy) is 1. The van der Waals surface area contributed by atoms with Crippen LogP contribution in [0.1, 0.15) is 0 Å². The molecule has 0 saturated carbocycles. The van der Waals surface area contributed by atoms with Gasteiger partial charge in [-0.1, -0.05) is 64.1 Å². The summed E-state index contributed by atoms with van der Waals surface area (Å²) in [5.74, 6) is -0.0328. The zero-order chi connectivity index (χ0) is 14.2. The van der Waals surface area contributed by atoms with Gasteiger partial charge in [-0.05, 0) is 12.1 Å². The Bertz CT molecular complexity index is 643. The van der Waals surface area contributed by atoms with Crippen molar-refractivity contribution >= 4 is 58.0 Å². The SMILES string of the molecule is Oc1c(Oc2cccc(Cl)c2Cl)cc(Cl)c(Cl)c1Cl. The normalized spacial score (nSPS) is 10.6. The third kappa shape index (κ3) is 2.99. The Labute approximate surface area is 134 Å². The van der Waals surface area contributed by atoms with Crippen molar-refractivity contribution in [3.05, 3.63) is 49.4 Å². The van der Waals surface area contributed by atoms with E-state index in [1.807, 2.05) is 0 Å². The Balaban J connectivity index is 2.47. The fourth-order valence-corrected chi connectivity index (χ4v) is 2.23. The topological polar surface area (TPSA) is 29.5 Å². The standard InChI is InChI=1S/C12H5Cl5O2/c13-5-2-1-3-7(9(5)15)19-8-4-6(14)10(16)11(17)12(8)18/h1-4,18H. The molecule has 0 atom stereocenters. The van der Waals surface area contributed by atoms with Crippen LogP contribution in [0, 0.1) is 0 Å². The van der Waals surface area contributed by atoms with E-state index < -0.39 is 0 Å². The van der Waals surface area contributed by atoms with Crippen molar-refractivity contribution in [3.8, 4) is 17.2 Å². The number of phenols is 1. The number of aromatic hydroxyl groups is 1. The van der Waals surface area contributed by atoms with E-state index in [1.165, 1.54) is 6.07 Å². The Hall–Kier alpha value is -0.510. The molecular formula is C12H5Cl5O2. The van der Waals surface area contributed by atoms with Crippen LogP contribution in [0.4, 0.5) is 0 Å². The minimum atomic E-state index is -0.327. The summed E-state index contributed by atoms with van der Waals surface area (Å²) in [6, 6.07) is 6.19. The molecule has 0 aliphatic rings. The number of phenolic OH excluding ortho intramolecular Hbond substituents is 1. The molecule has 0 saturated heterocycles. The lowest BCUT2D eigenvalue weighted by Crippen LogP contribution is -1.88. The average molecular weight is 358 g/mol. The minimum Gasteiger partial charge on any atom is -0.503 e. The van der Waals surface area contributed by atoms with Gasteiger partial charge in [0.1, 0.15) is 15.8 Å². The van der Waals surface area contributed by atoms with Crippen LogP contribution in [0.15, 0.2) is 24.3 Å².